The summed E-state index contributed by atoms with van der Waals surface area (Å²) < 4.78 is 2.40. The van der Waals surface area contributed by atoms with E-state index in [1.807, 2.05) is 0 Å². The van der Waals surface area contributed by atoms with Crippen molar-refractivity contribution in [2.45, 2.75) is 19.3 Å². The number of rotatable bonds is 5. The topological polar surface area (TPSA) is 43.6 Å². The van der Waals surface area contributed by atoms with Crippen molar-refractivity contribution in [3.8, 4) is 62.1 Å². The lowest BCUT2D eigenvalue weighted by Crippen LogP contribution is -2.17. The van der Waals surface area contributed by atoms with E-state index in [1.54, 1.807) is 0 Å². The Bertz CT molecular complexity index is 3520. The van der Waals surface area contributed by atoms with E-state index in [0.717, 1.165) is 49.6 Å². The molecular formula is C56H38N4. The standard InChI is InChI=1S/C56H38N4/c1-56(2)49-28-11-10-24-43(49)44-25-14-27-46(52(44)56)55-58-53(57-54(59-55)45-26-13-20-36-17-8-9-23-42(36)45)40-29-30-50-47(33-40)48-32-38-18-6-7-19-39(38)34-51(48)60(50)41-22-12-21-37(31-41)35-15-4-3-5-16-35/h3-34H,1-2H3. The number of aromatic nitrogens is 4. The molecule has 0 radical (unpaired) electrons. The molecule has 0 fully saturated rings. The van der Waals surface area contributed by atoms with Gasteiger partial charge in [-0.2, -0.15) is 0 Å². The average molecular weight is 767 g/mol. The quantitative estimate of drug-likeness (QED) is 0.175. The highest BCUT2D eigenvalue weighted by molar-refractivity contribution is 6.14. The van der Waals surface area contributed by atoms with Crippen molar-refractivity contribution in [1.29, 1.82) is 0 Å². The molecule has 0 aliphatic heterocycles. The van der Waals surface area contributed by atoms with Crippen LogP contribution < -0.4 is 0 Å². The molecule has 4 heteroatoms. The van der Waals surface area contributed by atoms with Crippen molar-refractivity contribution in [1.82, 2.24) is 19.5 Å². The van der Waals surface area contributed by atoms with Crippen LogP contribution >= 0.6 is 0 Å². The van der Waals surface area contributed by atoms with Gasteiger partial charge in [0.2, 0.25) is 0 Å². The zero-order valence-corrected chi connectivity index (χ0v) is 33.3. The molecule has 1 aliphatic rings. The van der Waals surface area contributed by atoms with Crippen LogP contribution in [0.25, 0.3) is 105 Å². The minimum atomic E-state index is -0.240. The summed E-state index contributed by atoms with van der Waals surface area (Å²) in [5.41, 5.74) is 13.5. The molecule has 282 valence electrons. The second-order valence-corrected chi connectivity index (χ2v) is 16.4. The molecule has 0 N–H and O–H groups in total. The molecule has 2 heterocycles. The van der Waals surface area contributed by atoms with Crippen molar-refractivity contribution >= 4 is 43.4 Å². The molecule has 12 rings (SSSR count). The minimum Gasteiger partial charge on any atom is -0.309 e. The van der Waals surface area contributed by atoms with Gasteiger partial charge in [0.1, 0.15) is 0 Å². The van der Waals surface area contributed by atoms with Gasteiger partial charge in [0.15, 0.2) is 17.5 Å². The highest BCUT2D eigenvalue weighted by Gasteiger charge is 2.38. The first-order valence-electron chi connectivity index (χ1n) is 20.6. The molecule has 0 amide bonds. The highest BCUT2D eigenvalue weighted by Crippen LogP contribution is 2.52. The van der Waals surface area contributed by atoms with Gasteiger partial charge >= 0.3 is 0 Å². The lowest BCUT2D eigenvalue weighted by atomic mass is 9.80. The second kappa shape index (κ2) is 13.2. The van der Waals surface area contributed by atoms with Crippen LogP contribution in [0, 0.1) is 0 Å². The maximum Gasteiger partial charge on any atom is 0.164 e. The summed E-state index contributed by atoms with van der Waals surface area (Å²) in [7, 11) is 0. The Morgan fingerprint density at radius 1 is 0.367 bits per heavy atom. The summed E-state index contributed by atoms with van der Waals surface area (Å²) in [6.45, 7) is 4.63. The van der Waals surface area contributed by atoms with E-state index in [0.29, 0.717) is 17.5 Å². The Hall–Kier alpha value is -7.69. The molecule has 9 aromatic carbocycles. The molecular weight excluding hydrogens is 729 g/mol. The molecule has 4 nitrogen and oxygen atoms in total. The van der Waals surface area contributed by atoms with Gasteiger partial charge in [-0.25, -0.2) is 15.0 Å². The number of benzene rings is 9. The first kappa shape index (κ1) is 34.4. The first-order valence-corrected chi connectivity index (χ1v) is 20.6. The van der Waals surface area contributed by atoms with Gasteiger partial charge in [-0.15, -0.1) is 0 Å². The molecule has 0 bridgehead atoms. The average Bonchev–Trinajstić information content (AvgIpc) is 3.75. The summed E-state index contributed by atoms with van der Waals surface area (Å²) >= 11 is 0. The summed E-state index contributed by atoms with van der Waals surface area (Å²) in [4.78, 5) is 16.1. The summed E-state index contributed by atoms with van der Waals surface area (Å²) in [5, 5.41) is 6.99. The van der Waals surface area contributed by atoms with Crippen LogP contribution in [0.1, 0.15) is 25.0 Å². The number of hydrogen-bond acceptors (Lipinski definition) is 3. The predicted molar refractivity (Wildman–Crippen MR) is 248 cm³/mol. The van der Waals surface area contributed by atoms with Gasteiger partial charge in [-0.1, -0.05) is 166 Å². The molecule has 60 heavy (non-hydrogen) atoms. The first-order chi connectivity index (χ1) is 29.5. The van der Waals surface area contributed by atoms with Gasteiger partial charge in [-0.3, -0.25) is 0 Å². The number of nitrogens with zero attached hydrogens (tertiary/aromatic N) is 4. The third-order valence-corrected chi connectivity index (χ3v) is 12.6. The van der Waals surface area contributed by atoms with Gasteiger partial charge in [-0.05, 0) is 97.4 Å². The molecule has 2 aromatic heterocycles. The largest absolute Gasteiger partial charge is 0.309 e. The Balaban J connectivity index is 1.11. The Labute approximate surface area is 348 Å². The smallest absolute Gasteiger partial charge is 0.164 e. The van der Waals surface area contributed by atoms with E-state index in [4.69, 9.17) is 15.0 Å². The van der Waals surface area contributed by atoms with Crippen molar-refractivity contribution in [3.63, 3.8) is 0 Å². The van der Waals surface area contributed by atoms with E-state index >= 15 is 0 Å². The molecule has 0 saturated carbocycles. The lowest BCUT2D eigenvalue weighted by molar-refractivity contribution is 0.661. The van der Waals surface area contributed by atoms with Crippen LogP contribution in [-0.2, 0) is 5.41 Å². The maximum atomic E-state index is 5.40. The monoisotopic (exact) mass is 766 g/mol. The summed E-state index contributed by atoms with van der Waals surface area (Å²) in [6, 6.07) is 69.6. The van der Waals surface area contributed by atoms with Crippen LogP contribution in [0.5, 0.6) is 0 Å². The highest BCUT2D eigenvalue weighted by atomic mass is 15.0. The van der Waals surface area contributed by atoms with Crippen molar-refractivity contribution in [3.05, 3.63) is 205 Å². The Morgan fingerprint density at radius 3 is 1.83 bits per heavy atom. The Morgan fingerprint density at radius 2 is 0.967 bits per heavy atom. The fourth-order valence-corrected chi connectivity index (χ4v) is 9.78. The van der Waals surface area contributed by atoms with E-state index in [1.165, 1.54) is 49.5 Å². The zero-order valence-electron chi connectivity index (χ0n) is 33.3. The van der Waals surface area contributed by atoms with E-state index in [9.17, 15) is 0 Å². The number of fused-ring (bicyclic) bond motifs is 8. The van der Waals surface area contributed by atoms with Crippen LogP contribution in [0.2, 0.25) is 0 Å². The SMILES string of the molecule is CC1(C)c2ccccc2-c2cccc(-c3nc(-c4ccc5c(c4)c4cc6ccccc6cc4n5-c4cccc(-c5ccccc5)c4)nc(-c4cccc5ccccc45)n3)c21. The Kier molecular flexibility index (Phi) is 7.54. The molecule has 11 aromatic rings. The molecule has 0 spiro atoms. The second-order valence-electron chi connectivity index (χ2n) is 16.4. The van der Waals surface area contributed by atoms with Crippen LogP contribution in [0.3, 0.4) is 0 Å². The number of hydrogen-bond donors (Lipinski definition) is 0. The van der Waals surface area contributed by atoms with Gasteiger partial charge in [0, 0.05) is 38.6 Å². The van der Waals surface area contributed by atoms with Crippen LogP contribution in [0.4, 0.5) is 0 Å². The van der Waals surface area contributed by atoms with Crippen LogP contribution in [0.15, 0.2) is 194 Å². The van der Waals surface area contributed by atoms with Crippen molar-refractivity contribution < 1.29 is 0 Å². The van der Waals surface area contributed by atoms with E-state index in [2.05, 4.69) is 213 Å². The summed E-state index contributed by atoms with van der Waals surface area (Å²) in [5.74, 6) is 1.97. The third-order valence-electron chi connectivity index (χ3n) is 12.6. The van der Waals surface area contributed by atoms with Gasteiger partial charge in [0.05, 0.1) is 11.0 Å². The zero-order chi connectivity index (χ0) is 40.0. The lowest BCUT2D eigenvalue weighted by Gasteiger charge is -2.24. The minimum absolute atomic E-state index is 0.240. The van der Waals surface area contributed by atoms with E-state index < -0.39 is 0 Å². The third kappa shape index (κ3) is 5.27. The molecule has 0 saturated heterocycles. The normalized spacial score (nSPS) is 13.0. The predicted octanol–water partition coefficient (Wildman–Crippen LogP) is 14.2. The van der Waals surface area contributed by atoms with Gasteiger partial charge in [0.25, 0.3) is 0 Å². The fraction of sp³-hybridized carbons (Fsp3) is 0.0536. The van der Waals surface area contributed by atoms with Crippen molar-refractivity contribution in [2.24, 2.45) is 0 Å². The molecule has 1 aliphatic carbocycles. The van der Waals surface area contributed by atoms with Gasteiger partial charge < -0.3 is 4.57 Å². The summed E-state index contributed by atoms with van der Waals surface area (Å²) in [6.07, 6.45) is 0. The molecule has 0 unspecified atom stereocenters. The maximum absolute atomic E-state index is 5.40. The van der Waals surface area contributed by atoms with Crippen molar-refractivity contribution in [2.75, 3.05) is 0 Å². The van der Waals surface area contributed by atoms with E-state index in [-0.39, 0.29) is 5.41 Å². The molecule has 0 atom stereocenters. The van der Waals surface area contributed by atoms with Crippen LogP contribution in [-0.4, -0.2) is 19.5 Å². The fourth-order valence-electron chi connectivity index (χ4n) is 9.78.